The Bertz CT molecular complexity index is 874. The Hall–Kier alpha value is -2.64. The molecule has 1 aromatic carbocycles. The lowest BCUT2D eigenvalue weighted by molar-refractivity contribution is -0.123. The van der Waals surface area contributed by atoms with Gasteiger partial charge in [-0.15, -0.1) is 0 Å². The van der Waals surface area contributed by atoms with Crippen molar-refractivity contribution in [3.63, 3.8) is 0 Å². The second kappa shape index (κ2) is 14.0. The van der Waals surface area contributed by atoms with Crippen molar-refractivity contribution >= 4 is 11.7 Å². The largest absolute Gasteiger partial charge is 0.497 e. The number of nitrogens with one attached hydrogen (secondary N) is 1. The van der Waals surface area contributed by atoms with Crippen LogP contribution in [0.3, 0.4) is 0 Å². The van der Waals surface area contributed by atoms with Crippen LogP contribution in [-0.2, 0) is 14.3 Å². The van der Waals surface area contributed by atoms with Crippen LogP contribution in [0, 0.1) is 5.92 Å². The van der Waals surface area contributed by atoms with E-state index in [1.165, 1.54) is 0 Å². The van der Waals surface area contributed by atoms with Crippen molar-refractivity contribution in [2.45, 2.75) is 63.5 Å². The molecule has 2 aliphatic rings. The van der Waals surface area contributed by atoms with Crippen molar-refractivity contribution < 1.29 is 24.2 Å². The Morgan fingerprint density at radius 1 is 1.06 bits per heavy atom. The van der Waals surface area contributed by atoms with Gasteiger partial charge in [-0.25, -0.2) is 0 Å². The van der Waals surface area contributed by atoms with Gasteiger partial charge in [0.2, 0.25) is 5.91 Å². The number of Topliss-reactive ketones (excluding diaryl/α,β-unsaturated/α-hetero) is 1. The number of aliphatic hydroxyl groups is 1. The Morgan fingerprint density at radius 3 is 2.40 bits per heavy atom. The maximum absolute atomic E-state index is 12.7. The summed E-state index contributed by atoms with van der Waals surface area (Å²) in [4.78, 5) is 27.4. The number of unbranched alkanes of at least 4 members (excludes halogenated alkanes) is 2. The van der Waals surface area contributed by atoms with Crippen molar-refractivity contribution in [2.24, 2.45) is 5.92 Å². The predicted molar refractivity (Wildman–Crippen MR) is 136 cm³/mol. The quantitative estimate of drug-likeness (QED) is 0.389. The van der Waals surface area contributed by atoms with Gasteiger partial charge in [0.15, 0.2) is 0 Å². The first kappa shape index (κ1) is 27.0. The molecule has 2 N–H and O–H groups in total. The zero-order valence-electron chi connectivity index (χ0n) is 21.1. The normalized spacial score (nSPS) is 19.6. The molecular formula is C28H40N2O5. The number of carbonyl (C=O) groups excluding carboxylic acids is 2. The number of nitrogens with zero attached hydrogens (tertiary/aromatic N) is 1. The summed E-state index contributed by atoms with van der Waals surface area (Å²) in [6, 6.07) is 6.96. The molecule has 0 aromatic heterocycles. The summed E-state index contributed by atoms with van der Waals surface area (Å²) in [5, 5.41) is 14.1. The number of allylic oxidation sites excluding steroid dienone is 3. The van der Waals surface area contributed by atoms with Crippen LogP contribution >= 0.6 is 0 Å². The number of hydrogen-bond acceptors (Lipinski definition) is 6. The minimum Gasteiger partial charge on any atom is -0.497 e. The first-order valence-electron chi connectivity index (χ1n) is 12.8. The fourth-order valence-electron chi connectivity index (χ4n) is 4.72. The SMILES string of the molecule is COC1=CCC(C(=O)CCCCCC(=O)N[C@H](CN2CCCC2)[C@H](O)c2ccc(OC)cc2)C=C1. The van der Waals surface area contributed by atoms with Crippen molar-refractivity contribution in [2.75, 3.05) is 33.9 Å². The molecule has 0 spiro atoms. The number of likely N-dealkylation sites (tertiary alicyclic amines) is 1. The highest BCUT2D eigenvalue weighted by atomic mass is 16.5. The van der Waals surface area contributed by atoms with Crippen molar-refractivity contribution in [3.05, 3.63) is 53.8 Å². The first-order valence-corrected chi connectivity index (χ1v) is 12.8. The molecule has 1 saturated heterocycles. The lowest BCUT2D eigenvalue weighted by atomic mass is 9.92. The van der Waals surface area contributed by atoms with Gasteiger partial charge in [-0.05, 0) is 75.0 Å². The number of aliphatic hydroxyl groups excluding tert-OH is 1. The van der Waals surface area contributed by atoms with E-state index in [4.69, 9.17) is 9.47 Å². The molecule has 1 heterocycles. The highest BCUT2D eigenvalue weighted by molar-refractivity contribution is 5.83. The third-order valence-electron chi connectivity index (χ3n) is 6.88. The summed E-state index contributed by atoms with van der Waals surface area (Å²) in [5.74, 6) is 1.66. The third kappa shape index (κ3) is 8.51. The van der Waals surface area contributed by atoms with E-state index in [2.05, 4.69) is 10.2 Å². The maximum Gasteiger partial charge on any atom is 0.220 e. The molecule has 0 saturated carbocycles. The molecule has 0 radical (unpaired) electrons. The summed E-state index contributed by atoms with van der Waals surface area (Å²) in [6.07, 6.45) is 11.2. The number of ketones is 1. The number of carbonyl (C=O) groups is 2. The van der Waals surface area contributed by atoms with E-state index >= 15 is 0 Å². The molecule has 35 heavy (non-hydrogen) atoms. The molecule has 1 aliphatic heterocycles. The van der Waals surface area contributed by atoms with E-state index in [0.717, 1.165) is 62.3 Å². The number of rotatable bonds is 14. The Labute approximate surface area is 209 Å². The molecule has 7 heteroatoms. The molecule has 1 aromatic rings. The highest BCUT2D eigenvalue weighted by Gasteiger charge is 2.26. The molecule has 7 nitrogen and oxygen atoms in total. The van der Waals surface area contributed by atoms with Crippen molar-refractivity contribution in [3.8, 4) is 5.75 Å². The van der Waals surface area contributed by atoms with Crippen LogP contribution in [0.1, 0.15) is 63.0 Å². The smallest absolute Gasteiger partial charge is 0.220 e. The van der Waals surface area contributed by atoms with Crippen LogP contribution in [0.2, 0.25) is 0 Å². The molecule has 1 amide bonds. The summed E-state index contributed by atoms with van der Waals surface area (Å²) < 4.78 is 10.4. The average molecular weight is 485 g/mol. The second-order valence-corrected chi connectivity index (χ2v) is 9.44. The zero-order valence-corrected chi connectivity index (χ0v) is 21.1. The minimum absolute atomic E-state index is 0.0551. The van der Waals surface area contributed by atoms with Gasteiger partial charge >= 0.3 is 0 Å². The van der Waals surface area contributed by atoms with Crippen LogP contribution in [0.5, 0.6) is 5.75 Å². The van der Waals surface area contributed by atoms with Gasteiger partial charge in [0, 0.05) is 25.3 Å². The van der Waals surface area contributed by atoms with Gasteiger partial charge in [-0.1, -0.05) is 24.6 Å². The average Bonchev–Trinajstić information content (AvgIpc) is 3.41. The van der Waals surface area contributed by atoms with Gasteiger partial charge in [-0.3, -0.25) is 9.59 Å². The lowest BCUT2D eigenvalue weighted by Crippen LogP contribution is -2.46. The standard InChI is InChI=1S/C28H40N2O5/c1-34-23-14-10-21(11-15-23)26(31)8-4-3-5-9-27(32)29-25(20-30-18-6-7-19-30)28(33)22-12-16-24(35-2)17-13-22/h10,12-17,21,25,28,33H,3-9,11,18-20H2,1-2H3,(H,29,32)/t21?,25-,28-/m1/s1. The van der Waals surface area contributed by atoms with E-state index in [9.17, 15) is 14.7 Å². The zero-order chi connectivity index (χ0) is 25.0. The number of benzene rings is 1. The Balaban J connectivity index is 1.42. The lowest BCUT2D eigenvalue weighted by Gasteiger charge is -2.29. The first-order chi connectivity index (χ1) is 17.0. The molecular weight excluding hydrogens is 444 g/mol. The predicted octanol–water partition coefficient (Wildman–Crippen LogP) is 3.94. The topological polar surface area (TPSA) is 88.1 Å². The van der Waals surface area contributed by atoms with Crippen LogP contribution in [0.4, 0.5) is 0 Å². The van der Waals surface area contributed by atoms with Crippen LogP contribution in [0.15, 0.2) is 48.3 Å². The van der Waals surface area contributed by atoms with Crippen LogP contribution < -0.4 is 10.1 Å². The van der Waals surface area contributed by atoms with E-state index < -0.39 is 6.10 Å². The van der Waals surface area contributed by atoms with Crippen molar-refractivity contribution in [1.29, 1.82) is 0 Å². The molecule has 1 fully saturated rings. The molecule has 192 valence electrons. The summed E-state index contributed by atoms with van der Waals surface area (Å²) in [7, 11) is 3.24. The van der Waals surface area contributed by atoms with E-state index in [1.54, 1.807) is 14.2 Å². The number of methoxy groups -OCH3 is 2. The Morgan fingerprint density at radius 2 is 1.77 bits per heavy atom. The van der Waals surface area contributed by atoms with E-state index in [0.29, 0.717) is 25.8 Å². The maximum atomic E-state index is 12.7. The second-order valence-electron chi connectivity index (χ2n) is 9.44. The third-order valence-corrected chi connectivity index (χ3v) is 6.88. The van der Waals surface area contributed by atoms with Gasteiger partial charge in [0.25, 0.3) is 0 Å². The molecule has 1 unspecified atom stereocenters. The number of amides is 1. The van der Waals surface area contributed by atoms with Gasteiger partial charge < -0.3 is 24.8 Å². The minimum atomic E-state index is -0.792. The molecule has 3 atom stereocenters. The van der Waals surface area contributed by atoms with E-state index in [-0.39, 0.29) is 23.7 Å². The number of hydrogen-bond donors (Lipinski definition) is 2. The highest BCUT2D eigenvalue weighted by Crippen LogP contribution is 2.23. The molecule has 0 bridgehead atoms. The van der Waals surface area contributed by atoms with Gasteiger partial charge in [0.1, 0.15) is 23.4 Å². The van der Waals surface area contributed by atoms with Gasteiger partial charge in [0.05, 0.1) is 20.3 Å². The molecule has 1 aliphatic carbocycles. The number of ether oxygens (including phenoxy) is 2. The van der Waals surface area contributed by atoms with Gasteiger partial charge in [-0.2, -0.15) is 0 Å². The summed E-state index contributed by atoms with van der Waals surface area (Å²) in [6.45, 7) is 2.62. The molecule has 3 rings (SSSR count). The summed E-state index contributed by atoms with van der Waals surface area (Å²) in [5.41, 5.74) is 0.762. The van der Waals surface area contributed by atoms with Crippen LogP contribution in [-0.4, -0.2) is 61.6 Å². The Kier molecular flexibility index (Phi) is 10.8. The monoisotopic (exact) mass is 484 g/mol. The fraction of sp³-hybridized carbons (Fsp3) is 0.571. The van der Waals surface area contributed by atoms with Crippen LogP contribution in [0.25, 0.3) is 0 Å². The fourth-order valence-corrected chi connectivity index (χ4v) is 4.72. The van der Waals surface area contributed by atoms with E-state index in [1.807, 2.05) is 42.5 Å². The van der Waals surface area contributed by atoms with Crippen molar-refractivity contribution in [1.82, 2.24) is 10.2 Å². The summed E-state index contributed by atoms with van der Waals surface area (Å²) >= 11 is 0.